The van der Waals surface area contributed by atoms with Gasteiger partial charge in [0.1, 0.15) is 0 Å². The molecule has 0 aliphatic heterocycles. The van der Waals surface area contributed by atoms with E-state index in [0.717, 1.165) is 43.4 Å². The number of carbonyl (C=O) groups is 1. The van der Waals surface area contributed by atoms with E-state index in [4.69, 9.17) is 9.15 Å². The quantitative estimate of drug-likeness (QED) is 0.170. The SMILES string of the molecule is CCOCCC1(CNC(=NC)NCc2cccc(NC(=O)c3ccco3)c2)CCCC1.I. The Morgan fingerprint density at radius 1 is 1.19 bits per heavy atom. The molecule has 0 radical (unpaired) electrons. The van der Waals surface area contributed by atoms with Crippen LogP contribution < -0.4 is 16.0 Å². The van der Waals surface area contributed by atoms with Gasteiger partial charge in [-0.2, -0.15) is 0 Å². The Morgan fingerprint density at radius 2 is 2.00 bits per heavy atom. The van der Waals surface area contributed by atoms with Crippen molar-refractivity contribution in [1.29, 1.82) is 0 Å². The smallest absolute Gasteiger partial charge is 0.291 e. The average Bonchev–Trinajstić information content (AvgIpc) is 3.47. The number of anilines is 1. The minimum Gasteiger partial charge on any atom is -0.459 e. The van der Waals surface area contributed by atoms with Gasteiger partial charge in [-0.05, 0) is 61.4 Å². The van der Waals surface area contributed by atoms with Crippen LogP contribution in [0.1, 0.15) is 55.1 Å². The number of halogens is 1. The van der Waals surface area contributed by atoms with Gasteiger partial charge in [-0.3, -0.25) is 9.79 Å². The number of aliphatic imine (C=N–C) groups is 1. The fraction of sp³-hybridized carbons (Fsp3) is 0.500. The molecule has 3 N–H and O–H groups in total. The second kappa shape index (κ2) is 13.5. The molecular weight excluding hydrogens is 519 g/mol. The van der Waals surface area contributed by atoms with E-state index in [2.05, 4.69) is 20.9 Å². The van der Waals surface area contributed by atoms with E-state index in [0.29, 0.717) is 17.7 Å². The van der Waals surface area contributed by atoms with E-state index < -0.39 is 0 Å². The van der Waals surface area contributed by atoms with Gasteiger partial charge in [0, 0.05) is 39.0 Å². The molecule has 32 heavy (non-hydrogen) atoms. The highest BCUT2D eigenvalue weighted by Gasteiger charge is 2.33. The molecule has 1 aromatic heterocycles. The summed E-state index contributed by atoms with van der Waals surface area (Å²) in [6.07, 6.45) is 7.62. The molecule has 1 aromatic carbocycles. The Balaban J connectivity index is 0.00000363. The third kappa shape index (κ3) is 7.81. The molecular formula is C24H35IN4O3. The summed E-state index contributed by atoms with van der Waals surface area (Å²) >= 11 is 0. The Bertz CT molecular complexity index is 849. The van der Waals surface area contributed by atoms with Crippen LogP contribution in [0.3, 0.4) is 0 Å². The molecule has 0 saturated heterocycles. The third-order valence-corrected chi connectivity index (χ3v) is 5.89. The maximum absolute atomic E-state index is 12.2. The van der Waals surface area contributed by atoms with Gasteiger partial charge in [-0.1, -0.05) is 25.0 Å². The molecule has 176 valence electrons. The van der Waals surface area contributed by atoms with Crippen molar-refractivity contribution in [3.8, 4) is 0 Å². The van der Waals surface area contributed by atoms with E-state index in [1.54, 1.807) is 19.2 Å². The van der Waals surface area contributed by atoms with E-state index in [9.17, 15) is 4.79 Å². The minimum atomic E-state index is -0.263. The van der Waals surface area contributed by atoms with Gasteiger partial charge in [0.2, 0.25) is 0 Å². The lowest BCUT2D eigenvalue weighted by molar-refractivity contribution is 0.0996. The van der Waals surface area contributed by atoms with Gasteiger partial charge in [-0.25, -0.2) is 0 Å². The van der Waals surface area contributed by atoms with Crippen LogP contribution in [0.5, 0.6) is 0 Å². The number of benzene rings is 1. The number of amides is 1. The summed E-state index contributed by atoms with van der Waals surface area (Å²) in [4.78, 5) is 16.6. The molecule has 1 aliphatic carbocycles. The summed E-state index contributed by atoms with van der Waals surface area (Å²) in [5.74, 6) is 0.813. The molecule has 0 spiro atoms. The number of ether oxygens (including phenoxy) is 1. The normalized spacial score (nSPS) is 15.1. The van der Waals surface area contributed by atoms with Crippen LogP contribution in [0.15, 0.2) is 52.1 Å². The predicted molar refractivity (Wildman–Crippen MR) is 139 cm³/mol. The average molecular weight is 554 g/mol. The molecule has 2 aromatic rings. The van der Waals surface area contributed by atoms with Crippen LogP contribution in [0, 0.1) is 5.41 Å². The maximum Gasteiger partial charge on any atom is 0.291 e. The summed E-state index contributed by atoms with van der Waals surface area (Å²) < 4.78 is 10.8. The number of furan rings is 1. The van der Waals surface area contributed by atoms with Crippen molar-refractivity contribution in [3.05, 3.63) is 54.0 Å². The highest BCUT2D eigenvalue weighted by Crippen LogP contribution is 2.40. The van der Waals surface area contributed by atoms with Gasteiger partial charge in [-0.15, -0.1) is 24.0 Å². The van der Waals surface area contributed by atoms with E-state index >= 15 is 0 Å². The molecule has 8 heteroatoms. The standard InChI is InChI=1S/C24H34N4O3.HI/c1-3-30-15-13-24(11-4-5-12-24)18-27-23(25-2)26-17-19-8-6-9-20(16-19)28-22(29)21-10-7-14-31-21;/h6-10,14,16H,3-5,11-13,15,17-18H2,1-2H3,(H,28,29)(H2,25,26,27);1H. The topological polar surface area (TPSA) is 87.9 Å². The lowest BCUT2D eigenvalue weighted by atomic mass is 9.83. The van der Waals surface area contributed by atoms with Crippen LogP contribution in [-0.4, -0.2) is 38.7 Å². The lowest BCUT2D eigenvalue weighted by Gasteiger charge is -2.30. The molecule has 3 rings (SSSR count). The Hall–Kier alpha value is -2.07. The van der Waals surface area contributed by atoms with Crippen LogP contribution in [0.25, 0.3) is 0 Å². The zero-order valence-corrected chi connectivity index (χ0v) is 21.3. The number of guanidine groups is 1. The minimum absolute atomic E-state index is 0. The van der Waals surface area contributed by atoms with Gasteiger partial charge in [0.25, 0.3) is 5.91 Å². The van der Waals surface area contributed by atoms with Crippen molar-refractivity contribution in [2.75, 3.05) is 32.1 Å². The van der Waals surface area contributed by atoms with Crippen LogP contribution in [-0.2, 0) is 11.3 Å². The van der Waals surface area contributed by atoms with Crippen LogP contribution in [0.4, 0.5) is 5.69 Å². The number of carbonyl (C=O) groups excluding carboxylic acids is 1. The maximum atomic E-state index is 12.2. The molecule has 1 heterocycles. The summed E-state index contributed by atoms with van der Waals surface area (Å²) in [7, 11) is 1.79. The predicted octanol–water partition coefficient (Wildman–Crippen LogP) is 4.80. The Labute approximate surface area is 207 Å². The van der Waals surface area contributed by atoms with E-state index in [1.165, 1.54) is 31.9 Å². The molecule has 1 fully saturated rings. The highest BCUT2D eigenvalue weighted by atomic mass is 127. The summed E-state index contributed by atoms with van der Waals surface area (Å²) in [5.41, 5.74) is 2.07. The monoisotopic (exact) mass is 554 g/mol. The number of hydrogen-bond acceptors (Lipinski definition) is 4. The first-order valence-corrected chi connectivity index (χ1v) is 11.1. The molecule has 0 unspecified atom stereocenters. The number of rotatable bonds is 10. The summed E-state index contributed by atoms with van der Waals surface area (Å²) in [6.45, 7) is 5.15. The van der Waals surface area contributed by atoms with Crippen molar-refractivity contribution in [2.24, 2.45) is 10.4 Å². The van der Waals surface area contributed by atoms with Crippen LogP contribution in [0.2, 0.25) is 0 Å². The Kier molecular flexibility index (Phi) is 11.0. The third-order valence-electron chi connectivity index (χ3n) is 5.89. The number of nitrogens with one attached hydrogen (secondary N) is 3. The van der Waals surface area contributed by atoms with Gasteiger partial charge < -0.3 is 25.1 Å². The van der Waals surface area contributed by atoms with E-state index in [-0.39, 0.29) is 29.9 Å². The van der Waals surface area contributed by atoms with Crippen molar-refractivity contribution in [2.45, 2.75) is 45.6 Å². The summed E-state index contributed by atoms with van der Waals surface area (Å²) in [6, 6.07) is 11.1. The van der Waals surface area contributed by atoms with Crippen molar-refractivity contribution in [1.82, 2.24) is 10.6 Å². The molecule has 7 nitrogen and oxygen atoms in total. The first kappa shape index (κ1) is 26.2. The molecule has 0 bridgehead atoms. The second-order valence-electron chi connectivity index (χ2n) is 8.07. The number of hydrogen-bond donors (Lipinski definition) is 3. The van der Waals surface area contributed by atoms with Gasteiger partial charge in [0.05, 0.1) is 6.26 Å². The van der Waals surface area contributed by atoms with E-state index in [1.807, 2.05) is 31.2 Å². The van der Waals surface area contributed by atoms with Gasteiger partial charge in [0.15, 0.2) is 11.7 Å². The molecule has 0 atom stereocenters. The zero-order chi connectivity index (χ0) is 21.9. The molecule has 1 amide bonds. The van der Waals surface area contributed by atoms with Crippen molar-refractivity contribution in [3.63, 3.8) is 0 Å². The fourth-order valence-corrected chi connectivity index (χ4v) is 4.11. The first-order valence-electron chi connectivity index (χ1n) is 11.1. The largest absolute Gasteiger partial charge is 0.459 e. The fourth-order valence-electron chi connectivity index (χ4n) is 4.11. The Morgan fingerprint density at radius 3 is 2.69 bits per heavy atom. The number of nitrogens with zero attached hydrogens (tertiary/aromatic N) is 1. The molecule has 1 saturated carbocycles. The summed E-state index contributed by atoms with van der Waals surface area (Å²) in [5, 5.41) is 9.75. The van der Waals surface area contributed by atoms with Crippen LogP contribution >= 0.6 is 24.0 Å². The van der Waals surface area contributed by atoms with Crippen molar-refractivity contribution >= 4 is 41.5 Å². The zero-order valence-electron chi connectivity index (χ0n) is 19.0. The highest BCUT2D eigenvalue weighted by molar-refractivity contribution is 14.0. The van der Waals surface area contributed by atoms with Crippen molar-refractivity contribution < 1.29 is 13.9 Å². The molecule has 1 aliphatic rings. The van der Waals surface area contributed by atoms with Gasteiger partial charge >= 0.3 is 0 Å². The second-order valence-corrected chi connectivity index (χ2v) is 8.07. The first-order chi connectivity index (χ1) is 15.1. The lowest BCUT2D eigenvalue weighted by Crippen LogP contribution is -2.43.